The van der Waals surface area contributed by atoms with Gasteiger partial charge in [0.2, 0.25) is 5.91 Å². The summed E-state index contributed by atoms with van der Waals surface area (Å²) in [5, 5.41) is 4.38. The molecule has 13 heteroatoms. The van der Waals surface area contributed by atoms with Gasteiger partial charge in [0.05, 0.1) is 17.3 Å². The zero-order chi connectivity index (χ0) is 28.6. The second-order valence-corrected chi connectivity index (χ2v) is 10.1. The lowest BCUT2D eigenvalue weighted by Gasteiger charge is -2.20. The maximum atomic E-state index is 13.4. The molecule has 3 aromatic heterocycles. The largest absolute Gasteiger partial charge is 0.416 e. The van der Waals surface area contributed by atoms with E-state index in [9.17, 15) is 27.6 Å². The summed E-state index contributed by atoms with van der Waals surface area (Å²) in [5.74, 6) is 0.0542. The lowest BCUT2D eigenvalue weighted by molar-refractivity contribution is -0.139. The number of rotatable bonds is 9. The van der Waals surface area contributed by atoms with Crippen molar-refractivity contribution in [3.8, 4) is 11.4 Å². The molecular formula is C27H30F3N7O3. The molecule has 1 aliphatic rings. The van der Waals surface area contributed by atoms with Gasteiger partial charge in [0.15, 0.2) is 5.65 Å². The molecule has 4 heterocycles. The van der Waals surface area contributed by atoms with Crippen molar-refractivity contribution < 1.29 is 18.0 Å². The van der Waals surface area contributed by atoms with Gasteiger partial charge in [0, 0.05) is 51.3 Å². The molecule has 4 aromatic rings. The Morgan fingerprint density at radius 1 is 1.05 bits per heavy atom. The zero-order valence-electron chi connectivity index (χ0n) is 22.2. The van der Waals surface area contributed by atoms with Crippen molar-refractivity contribution in [2.24, 2.45) is 5.92 Å². The predicted molar refractivity (Wildman–Crippen MR) is 141 cm³/mol. The first kappa shape index (κ1) is 27.4. The summed E-state index contributed by atoms with van der Waals surface area (Å²) >= 11 is 0. The average Bonchev–Trinajstić information content (AvgIpc) is 3.63. The van der Waals surface area contributed by atoms with Crippen molar-refractivity contribution in [2.75, 3.05) is 6.54 Å². The number of imidazole rings is 1. The number of hydrogen-bond donors (Lipinski definition) is 1. The van der Waals surface area contributed by atoms with Crippen molar-refractivity contribution in [3.05, 3.63) is 68.6 Å². The fourth-order valence-corrected chi connectivity index (χ4v) is 5.27. The van der Waals surface area contributed by atoms with Crippen molar-refractivity contribution in [2.45, 2.75) is 65.5 Å². The van der Waals surface area contributed by atoms with Gasteiger partial charge in [0.1, 0.15) is 11.3 Å². The highest BCUT2D eigenvalue weighted by Gasteiger charge is 2.35. The Bertz CT molecular complexity index is 1660. The third kappa shape index (κ3) is 5.19. The van der Waals surface area contributed by atoms with Gasteiger partial charge < -0.3 is 9.88 Å². The fraction of sp³-hybridized carbons (Fsp3) is 0.444. The van der Waals surface area contributed by atoms with Crippen LogP contribution in [0.15, 0.2) is 46.2 Å². The molecule has 0 aliphatic carbocycles. The molecule has 1 fully saturated rings. The standard InChI is InChI=1S/C27H30F3N7O3/c1-3-9-36-24-22(25(39)37(10-4-2)26(36)40)32-23(33-24)19-12-31-35(16-19)14-17-11-21(38)34(13-17)15-18-7-5-6-8-20(18)27(28,29)30/h5-8,12,16-17H,3-4,9-11,13-15H2,1-2H3,(H,32,33). The van der Waals surface area contributed by atoms with E-state index in [-0.39, 0.29) is 41.6 Å². The van der Waals surface area contributed by atoms with Gasteiger partial charge in [-0.1, -0.05) is 32.0 Å². The van der Waals surface area contributed by atoms with Crippen LogP contribution in [-0.2, 0) is 37.1 Å². The summed E-state index contributed by atoms with van der Waals surface area (Å²) < 4.78 is 44.6. The minimum atomic E-state index is -4.49. The van der Waals surface area contributed by atoms with Gasteiger partial charge in [-0.15, -0.1) is 0 Å². The molecule has 0 bridgehead atoms. The molecule has 0 saturated carbocycles. The van der Waals surface area contributed by atoms with Crippen molar-refractivity contribution in [3.63, 3.8) is 0 Å². The molecule has 1 saturated heterocycles. The molecule has 1 atom stereocenters. The van der Waals surface area contributed by atoms with Gasteiger partial charge in [-0.3, -0.25) is 23.4 Å². The van der Waals surface area contributed by atoms with E-state index in [0.717, 1.165) is 6.07 Å². The van der Waals surface area contributed by atoms with Gasteiger partial charge in [-0.25, -0.2) is 9.78 Å². The van der Waals surface area contributed by atoms with Crippen molar-refractivity contribution in [1.82, 2.24) is 33.8 Å². The number of nitrogens with one attached hydrogen (secondary N) is 1. The highest BCUT2D eigenvalue weighted by atomic mass is 19.4. The Balaban J connectivity index is 1.34. The summed E-state index contributed by atoms with van der Waals surface area (Å²) in [7, 11) is 0. The molecule has 1 N–H and O–H groups in total. The van der Waals surface area contributed by atoms with E-state index in [1.807, 2.05) is 13.8 Å². The van der Waals surface area contributed by atoms with Crippen LogP contribution >= 0.6 is 0 Å². The van der Waals surface area contributed by atoms with E-state index in [1.54, 1.807) is 17.1 Å². The number of alkyl halides is 3. The number of aromatic nitrogens is 6. The molecule has 0 spiro atoms. The minimum absolute atomic E-state index is 0.0646. The SMILES string of the molecule is CCCn1c(=O)c2[nH]c(-c3cnn(CC4CC(=O)N(Cc5ccccc5C(F)(F)F)C4)c3)nc2n(CCC)c1=O. The topological polar surface area (TPSA) is 111 Å². The van der Waals surface area contributed by atoms with E-state index in [0.29, 0.717) is 56.1 Å². The van der Waals surface area contributed by atoms with Gasteiger partial charge >= 0.3 is 11.9 Å². The maximum absolute atomic E-state index is 13.4. The number of nitrogens with zero attached hydrogens (tertiary/aromatic N) is 6. The molecule has 1 unspecified atom stereocenters. The highest BCUT2D eigenvalue weighted by Crippen LogP contribution is 2.33. The van der Waals surface area contributed by atoms with Gasteiger partial charge in [-0.05, 0) is 24.5 Å². The van der Waals surface area contributed by atoms with Crippen LogP contribution in [-0.4, -0.2) is 46.2 Å². The Morgan fingerprint density at radius 3 is 2.50 bits per heavy atom. The first-order valence-electron chi connectivity index (χ1n) is 13.3. The summed E-state index contributed by atoms with van der Waals surface area (Å²) in [6, 6.07) is 5.29. The van der Waals surface area contributed by atoms with E-state index in [4.69, 9.17) is 0 Å². The molecule has 212 valence electrons. The number of fused-ring (bicyclic) bond motifs is 1. The summed E-state index contributed by atoms with van der Waals surface area (Å²) in [4.78, 5) is 47.6. The number of halogens is 3. The van der Waals surface area contributed by atoms with E-state index in [2.05, 4.69) is 15.1 Å². The number of H-pyrrole nitrogens is 1. The number of likely N-dealkylation sites (tertiary alicyclic amines) is 1. The van der Waals surface area contributed by atoms with Crippen LogP contribution in [0.2, 0.25) is 0 Å². The summed E-state index contributed by atoms with van der Waals surface area (Å²) in [6.45, 7) is 5.15. The number of aryl methyl sites for hydroxylation is 1. The molecule has 5 rings (SSSR count). The number of amides is 1. The summed E-state index contributed by atoms with van der Waals surface area (Å²) in [5.41, 5.74) is -0.327. The number of carbonyl (C=O) groups is 1. The molecule has 1 amide bonds. The Morgan fingerprint density at radius 2 is 1.77 bits per heavy atom. The lowest BCUT2D eigenvalue weighted by atomic mass is 10.1. The smallest absolute Gasteiger partial charge is 0.338 e. The molecule has 40 heavy (non-hydrogen) atoms. The highest BCUT2D eigenvalue weighted by molar-refractivity contribution is 5.78. The molecular weight excluding hydrogens is 527 g/mol. The quantitative estimate of drug-likeness (QED) is 0.338. The number of hydrogen-bond acceptors (Lipinski definition) is 5. The molecule has 1 aromatic carbocycles. The fourth-order valence-electron chi connectivity index (χ4n) is 5.27. The van der Waals surface area contributed by atoms with Crippen LogP contribution in [0.1, 0.15) is 44.2 Å². The van der Waals surface area contributed by atoms with Crippen molar-refractivity contribution >= 4 is 17.1 Å². The van der Waals surface area contributed by atoms with Crippen molar-refractivity contribution in [1.29, 1.82) is 0 Å². The average molecular weight is 558 g/mol. The Kier molecular flexibility index (Phi) is 7.39. The van der Waals surface area contributed by atoms with Gasteiger partial charge in [-0.2, -0.15) is 18.3 Å². The van der Waals surface area contributed by atoms with Crippen LogP contribution in [0, 0.1) is 5.92 Å². The normalized spacial score (nSPS) is 16.0. The van der Waals surface area contributed by atoms with E-state index >= 15 is 0 Å². The predicted octanol–water partition coefficient (Wildman–Crippen LogP) is 3.64. The van der Waals surface area contributed by atoms with Crippen LogP contribution in [0.4, 0.5) is 13.2 Å². The second kappa shape index (κ2) is 10.8. The zero-order valence-corrected chi connectivity index (χ0v) is 22.2. The van der Waals surface area contributed by atoms with Crippen LogP contribution in [0.25, 0.3) is 22.6 Å². The Hall–Kier alpha value is -4.16. The third-order valence-electron chi connectivity index (χ3n) is 7.09. The van der Waals surface area contributed by atoms with Crippen LogP contribution in [0.3, 0.4) is 0 Å². The lowest BCUT2D eigenvalue weighted by Crippen LogP contribution is -2.40. The second-order valence-electron chi connectivity index (χ2n) is 10.1. The molecule has 0 radical (unpaired) electrons. The number of aromatic amines is 1. The van der Waals surface area contributed by atoms with Gasteiger partial charge in [0.25, 0.3) is 5.56 Å². The first-order valence-corrected chi connectivity index (χ1v) is 13.3. The monoisotopic (exact) mass is 557 g/mol. The number of carbonyl (C=O) groups excluding carboxylic acids is 1. The molecule has 1 aliphatic heterocycles. The molecule has 10 nitrogen and oxygen atoms in total. The van der Waals surface area contributed by atoms with Crippen LogP contribution < -0.4 is 11.2 Å². The first-order chi connectivity index (χ1) is 19.1. The third-order valence-corrected chi connectivity index (χ3v) is 7.09. The van der Waals surface area contributed by atoms with E-state index in [1.165, 1.54) is 32.2 Å². The minimum Gasteiger partial charge on any atom is -0.338 e. The Labute approximate surface area is 227 Å². The summed E-state index contributed by atoms with van der Waals surface area (Å²) in [6.07, 6.45) is 0.355. The maximum Gasteiger partial charge on any atom is 0.416 e. The van der Waals surface area contributed by atoms with Crippen LogP contribution in [0.5, 0.6) is 0 Å². The van der Waals surface area contributed by atoms with E-state index < -0.39 is 17.3 Å². The number of benzene rings is 1.